The molecule has 0 heteroatoms. The zero-order valence-corrected chi connectivity index (χ0v) is 8.35. The standard InChI is InChI=1S/C15H11/c1-2-6-12(7-3-1)15-11-10-13-8-4-5-9-14(13)15/h1-11H/q-1. The fraction of sp³-hybridized carbons (Fsp3) is 0. The van der Waals surface area contributed by atoms with Gasteiger partial charge >= 0.3 is 0 Å². The lowest BCUT2D eigenvalue weighted by Crippen LogP contribution is -1.73. The molecular formula is C15H11-. The number of hydrogen-bond donors (Lipinski definition) is 0. The molecule has 0 N–H and O–H groups in total. The first-order valence-corrected chi connectivity index (χ1v) is 5.15. The molecule has 0 saturated heterocycles. The van der Waals surface area contributed by atoms with Gasteiger partial charge in [0.1, 0.15) is 0 Å². The van der Waals surface area contributed by atoms with E-state index >= 15 is 0 Å². The molecule has 0 amide bonds. The van der Waals surface area contributed by atoms with E-state index < -0.39 is 0 Å². The highest BCUT2D eigenvalue weighted by Crippen LogP contribution is 2.29. The normalized spacial score (nSPS) is 10.7. The van der Waals surface area contributed by atoms with E-state index in [1.807, 2.05) is 0 Å². The van der Waals surface area contributed by atoms with Crippen molar-refractivity contribution >= 4 is 10.8 Å². The second-order valence-electron chi connectivity index (χ2n) is 3.70. The van der Waals surface area contributed by atoms with E-state index in [-0.39, 0.29) is 0 Å². The molecular weight excluding hydrogens is 180 g/mol. The van der Waals surface area contributed by atoms with Crippen molar-refractivity contribution < 1.29 is 0 Å². The molecule has 0 unspecified atom stereocenters. The Morgan fingerprint density at radius 3 is 2.33 bits per heavy atom. The van der Waals surface area contributed by atoms with Gasteiger partial charge in [0.05, 0.1) is 0 Å². The summed E-state index contributed by atoms with van der Waals surface area (Å²) in [7, 11) is 0. The molecule has 72 valence electrons. The maximum Gasteiger partial charge on any atom is -0.0587 e. The minimum Gasteiger partial charge on any atom is -0.144 e. The first-order valence-electron chi connectivity index (χ1n) is 5.15. The number of hydrogen-bond acceptors (Lipinski definition) is 0. The van der Waals surface area contributed by atoms with Gasteiger partial charge in [0.15, 0.2) is 0 Å². The van der Waals surface area contributed by atoms with Gasteiger partial charge in [-0.05, 0) is 0 Å². The SMILES string of the molecule is c1ccc(-c2cc[c-]3ccccc23)cc1. The Bertz CT molecular complexity index is 573. The van der Waals surface area contributed by atoms with Crippen LogP contribution in [0.25, 0.3) is 21.9 Å². The van der Waals surface area contributed by atoms with Crippen LogP contribution >= 0.6 is 0 Å². The highest BCUT2D eigenvalue weighted by atomic mass is 14.1. The lowest BCUT2D eigenvalue weighted by atomic mass is 10.1. The van der Waals surface area contributed by atoms with Crippen molar-refractivity contribution in [3.63, 3.8) is 0 Å². The predicted molar refractivity (Wildman–Crippen MR) is 65.0 cm³/mol. The summed E-state index contributed by atoms with van der Waals surface area (Å²) in [5.74, 6) is 0. The number of rotatable bonds is 1. The van der Waals surface area contributed by atoms with E-state index in [0.717, 1.165) is 0 Å². The van der Waals surface area contributed by atoms with Crippen LogP contribution in [0.2, 0.25) is 0 Å². The Labute approximate surface area is 89.2 Å². The van der Waals surface area contributed by atoms with Crippen molar-refractivity contribution in [3.05, 3.63) is 66.7 Å². The Morgan fingerprint density at radius 2 is 1.47 bits per heavy atom. The third kappa shape index (κ3) is 1.35. The van der Waals surface area contributed by atoms with Gasteiger partial charge in [-0.15, -0.1) is 47.3 Å². The van der Waals surface area contributed by atoms with Crippen LogP contribution in [0.4, 0.5) is 0 Å². The lowest BCUT2D eigenvalue weighted by molar-refractivity contribution is 1.68. The van der Waals surface area contributed by atoms with Crippen LogP contribution in [0.15, 0.2) is 66.7 Å². The van der Waals surface area contributed by atoms with Crippen molar-refractivity contribution in [3.8, 4) is 11.1 Å². The summed E-state index contributed by atoms with van der Waals surface area (Å²) >= 11 is 0. The third-order valence-electron chi connectivity index (χ3n) is 2.77. The molecule has 0 aliphatic rings. The molecule has 0 heterocycles. The van der Waals surface area contributed by atoms with Crippen LogP contribution in [0.3, 0.4) is 0 Å². The van der Waals surface area contributed by atoms with Crippen LogP contribution in [0.5, 0.6) is 0 Å². The molecule has 3 aromatic carbocycles. The Kier molecular flexibility index (Phi) is 1.85. The van der Waals surface area contributed by atoms with E-state index in [4.69, 9.17) is 0 Å². The summed E-state index contributed by atoms with van der Waals surface area (Å²) in [5, 5.41) is 2.65. The third-order valence-corrected chi connectivity index (χ3v) is 2.77. The lowest BCUT2D eigenvalue weighted by Gasteiger charge is -2.05. The first-order chi connectivity index (χ1) is 7.45. The molecule has 0 aromatic heterocycles. The summed E-state index contributed by atoms with van der Waals surface area (Å²) in [6, 6.07) is 23.4. The van der Waals surface area contributed by atoms with Gasteiger partial charge in [-0.1, -0.05) is 41.3 Å². The van der Waals surface area contributed by atoms with Crippen LogP contribution in [0.1, 0.15) is 0 Å². The summed E-state index contributed by atoms with van der Waals surface area (Å²) in [4.78, 5) is 0. The quantitative estimate of drug-likeness (QED) is 0.505. The van der Waals surface area contributed by atoms with Crippen molar-refractivity contribution in [1.82, 2.24) is 0 Å². The fourth-order valence-electron chi connectivity index (χ4n) is 2.02. The molecule has 0 aliphatic heterocycles. The molecule has 0 nitrogen and oxygen atoms in total. The Morgan fingerprint density at radius 1 is 0.667 bits per heavy atom. The molecule has 0 spiro atoms. The largest absolute Gasteiger partial charge is 0.144 e. The molecule has 0 atom stereocenters. The first kappa shape index (κ1) is 8.37. The van der Waals surface area contributed by atoms with Gasteiger partial charge in [0.2, 0.25) is 0 Å². The minimum atomic E-state index is 1.29. The van der Waals surface area contributed by atoms with Crippen LogP contribution < -0.4 is 0 Å². The van der Waals surface area contributed by atoms with Crippen LogP contribution in [-0.2, 0) is 0 Å². The monoisotopic (exact) mass is 191 g/mol. The van der Waals surface area contributed by atoms with Crippen molar-refractivity contribution in [2.24, 2.45) is 0 Å². The molecule has 15 heavy (non-hydrogen) atoms. The molecule has 0 bridgehead atoms. The fourth-order valence-corrected chi connectivity index (χ4v) is 2.02. The van der Waals surface area contributed by atoms with Gasteiger partial charge < -0.3 is 0 Å². The maximum absolute atomic E-state index is 2.19. The average Bonchev–Trinajstić information content (AvgIpc) is 2.74. The molecule has 3 rings (SSSR count). The van der Waals surface area contributed by atoms with Crippen molar-refractivity contribution in [2.75, 3.05) is 0 Å². The second-order valence-corrected chi connectivity index (χ2v) is 3.70. The minimum absolute atomic E-state index is 1.29. The average molecular weight is 191 g/mol. The van der Waals surface area contributed by atoms with E-state index in [0.29, 0.717) is 0 Å². The van der Waals surface area contributed by atoms with Gasteiger partial charge in [-0.25, -0.2) is 0 Å². The van der Waals surface area contributed by atoms with Gasteiger partial charge in [0, 0.05) is 0 Å². The van der Waals surface area contributed by atoms with Gasteiger partial charge in [-0.3, -0.25) is 0 Å². The summed E-state index contributed by atoms with van der Waals surface area (Å²) in [6.07, 6.45) is 0. The maximum atomic E-state index is 2.19. The zero-order valence-electron chi connectivity index (χ0n) is 8.35. The van der Waals surface area contributed by atoms with Crippen molar-refractivity contribution in [1.29, 1.82) is 0 Å². The second kappa shape index (κ2) is 3.32. The summed E-state index contributed by atoms with van der Waals surface area (Å²) < 4.78 is 0. The highest BCUT2D eigenvalue weighted by molar-refractivity contribution is 5.98. The molecule has 0 radical (unpaired) electrons. The van der Waals surface area contributed by atoms with E-state index in [1.165, 1.54) is 21.9 Å². The Balaban J connectivity index is 2.28. The van der Waals surface area contributed by atoms with E-state index in [9.17, 15) is 0 Å². The smallest absolute Gasteiger partial charge is 0.0587 e. The molecule has 3 aromatic rings. The molecule has 0 fully saturated rings. The van der Waals surface area contributed by atoms with Crippen LogP contribution in [0, 0.1) is 0 Å². The highest BCUT2D eigenvalue weighted by Gasteiger charge is 1.95. The van der Waals surface area contributed by atoms with Crippen LogP contribution in [-0.4, -0.2) is 0 Å². The van der Waals surface area contributed by atoms with E-state index in [1.54, 1.807) is 0 Å². The molecule has 0 saturated carbocycles. The topological polar surface area (TPSA) is 0 Å². The Hall–Kier alpha value is -1.95. The number of benzene rings is 2. The zero-order chi connectivity index (χ0) is 10.1. The molecule has 0 aliphatic carbocycles. The predicted octanol–water partition coefficient (Wildman–Crippen LogP) is 4.23. The number of fused-ring (bicyclic) bond motifs is 1. The summed E-state index contributed by atoms with van der Waals surface area (Å²) in [6.45, 7) is 0. The summed E-state index contributed by atoms with van der Waals surface area (Å²) in [5.41, 5.74) is 2.62. The van der Waals surface area contributed by atoms with Crippen molar-refractivity contribution in [2.45, 2.75) is 0 Å². The van der Waals surface area contributed by atoms with Gasteiger partial charge in [0.25, 0.3) is 0 Å². The van der Waals surface area contributed by atoms with E-state index in [2.05, 4.69) is 66.7 Å². The van der Waals surface area contributed by atoms with Gasteiger partial charge in [-0.2, -0.15) is 0 Å².